The average Bonchev–Trinajstić information content (AvgIpc) is 2.68. The Kier molecular flexibility index (Phi) is 4.29. The number of pyridine rings is 1. The number of rotatable bonds is 3. The van der Waals surface area contributed by atoms with Gasteiger partial charge in [0.1, 0.15) is 11.3 Å². The van der Waals surface area contributed by atoms with E-state index in [1.54, 1.807) is 6.07 Å². The van der Waals surface area contributed by atoms with E-state index in [1.807, 2.05) is 42.5 Å². The van der Waals surface area contributed by atoms with Gasteiger partial charge in [-0.2, -0.15) is 0 Å². The van der Waals surface area contributed by atoms with Gasteiger partial charge in [0.05, 0.1) is 5.69 Å². The summed E-state index contributed by atoms with van der Waals surface area (Å²) >= 11 is 0. The molecule has 0 bridgehead atoms. The molecule has 0 unspecified atom stereocenters. The highest BCUT2D eigenvalue weighted by Gasteiger charge is 2.25. The summed E-state index contributed by atoms with van der Waals surface area (Å²) in [6, 6.07) is 16.8. The molecule has 0 atom stereocenters. The fourth-order valence-electron chi connectivity index (χ4n) is 3.62. The van der Waals surface area contributed by atoms with E-state index in [0.29, 0.717) is 5.52 Å². The van der Waals surface area contributed by atoms with Crippen LogP contribution in [0.3, 0.4) is 0 Å². The molecule has 2 N–H and O–H groups in total. The summed E-state index contributed by atoms with van der Waals surface area (Å²) < 4.78 is 14.5. The van der Waals surface area contributed by atoms with Crippen molar-refractivity contribution >= 4 is 22.5 Å². The second-order valence-corrected chi connectivity index (χ2v) is 6.69. The quantitative estimate of drug-likeness (QED) is 0.783. The Morgan fingerprint density at radius 1 is 1.08 bits per heavy atom. The van der Waals surface area contributed by atoms with Crippen molar-refractivity contribution in [3.63, 3.8) is 0 Å². The van der Waals surface area contributed by atoms with Gasteiger partial charge < -0.3 is 10.6 Å². The molecule has 132 valence electrons. The predicted molar refractivity (Wildman–Crippen MR) is 101 cm³/mol. The number of primary amides is 1. The van der Waals surface area contributed by atoms with Crippen molar-refractivity contribution in [2.45, 2.75) is 12.8 Å². The number of para-hydroxylation sites is 1. The zero-order valence-corrected chi connectivity index (χ0v) is 14.4. The van der Waals surface area contributed by atoms with E-state index in [0.717, 1.165) is 48.3 Å². The molecular formula is C21H20FN3O. The minimum absolute atomic E-state index is 0.0790. The van der Waals surface area contributed by atoms with Gasteiger partial charge >= 0.3 is 0 Å². The van der Waals surface area contributed by atoms with Crippen LogP contribution in [0.25, 0.3) is 22.2 Å². The number of carbonyl (C=O) groups is 1. The van der Waals surface area contributed by atoms with Crippen LogP contribution in [0.5, 0.6) is 0 Å². The Labute approximate surface area is 151 Å². The highest BCUT2D eigenvalue weighted by molar-refractivity contribution is 5.94. The van der Waals surface area contributed by atoms with Crippen molar-refractivity contribution in [2.75, 3.05) is 18.0 Å². The van der Waals surface area contributed by atoms with E-state index in [-0.39, 0.29) is 17.6 Å². The van der Waals surface area contributed by atoms with Gasteiger partial charge in [0.2, 0.25) is 5.91 Å². The van der Waals surface area contributed by atoms with Gasteiger partial charge in [0.15, 0.2) is 0 Å². The van der Waals surface area contributed by atoms with E-state index in [1.165, 1.54) is 6.07 Å². The second kappa shape index (κ2) is 6.75. The van der Waals surface area contributed by atoms with Crippen LogP contribution in [0.4, 0.5) is 10.1 Å². The lowest BCUT2D eigenvalue weighted by Crippen LogP contribution is -2.38. The average molecular weight is 349 g/mol. The van der Waals surface area contributed by atoms with E-state index >= 15 is 0 Å². The maximum absolute atomic E-state index is 14.5. The van der Waals surface area contributed by atoms with Gasteiger partial charge in [0, 0.05) is 35.6 Å². The summed E-state index contributed by atoms with van der Waals surface area (Å²) in [6.45, 7) is 1.44. The van der Waals surface area contributed by atoms with Crippen molar-refractivity contribution in [2.24, 2.45) is 11.7 Å². The van der Waals surface area contributed by atoms with Crippen LogP contribution in [0.2, 0.25) is 0 Å². The smallest absolute Gasteiger partial charge is 0.220 e. The Morgan fingerprint density at radius 3 is 2.50 bits per heavy atom. The number of carbonyl (C=O) groups excluding carboxylic acids is 1. The number of hydrogen-bond acceptors (Lipinski definition) is 3. The lowest BCUT2D eigenvalue weighted by atomic mass is 9.95. The largest absolute Gasteiger partial charge is 0.371 e. The third-order valence-electron chi connectivity index (χ3n) is 5.08. The zero-order valence-electron chi connectivity index (χ0n) is 14.4. The minimum atomic E-state index is -0.325. The van der Waals surface area contributed by atoms with Crippen LogP contribution in [0.15, 0.2) is 54.6 Å². The molecule has 0 saturated carbocycles. The number of halogens is 1. The standard InChI is InChI=1S/C21H20FN3O/c22-17-8-4-7-16-19(25-11-9-15(10-12-25)21(23)26)13-18(24-20(16)17)14-5-2-1-3-6-14/h1-8,13,15H,9-12H2,(H2,23,26). The summed E-state index contributed by atoms with van der Waals surface area (Å²) in [5.41, 5.74) is 8.47. The van der Waals surface area contributed by atoms with Gasteiger partial charge in [0.25, 0.3) is 0 Å². The maximum atomic E-state index is 14.5. The summed E-state index contributed by atoms with van der Waals surface area (Å²) in [5.74, 6) is -0.640. The van der Waals surface area contributed by atoms with E-state index < -0.39 is 0 Å². The third kappa shape index (κ3) is 3.01. The van der Waals surface area contributed by atoms with E-state index in [4.69, 9.17) is 5.73 Å². The molecule has 4 nitrogen and oxygen atoms in total. The Hall–Kier alpha value is -2.95. The van der Waals surface area contributed by atoms with Gasteiger partial charge in [-0.1, -0.05) is 42.5 Å². The molecule has 0 spiro atoms. The number of anilines is 1. The van der Waals surface area contributed by atoms with Crippen molar-refractivity contribution in [3.05, 3.63) is 60.4 Å². The number of nitrogens with zero attached hydrogens (tertiary/aromatic N) is 2. The summed E-state index contributed by atoms with van der Waals surface area (Å²) in [4.78, 5) is 18.2. The predicted octanol–water partition coefficient (Wildman–Crippen LogP) is 3.74. The number of aromatic nitrogens is 1. The Bertz CT molecular complexity index is 950. The number of piperidine rings is 1. The molecule has 2 heterocycles. The molecule has 0 radical (unpaired) electrons. The fourth-order valence-corrected chi connectivity index (χ4v) is 3.62. The van der Waals surface area contributed by atoms with Crippen LogP contribution in [-0.4, -0.2) is 24.0 Å². The normalized spacial score (nSPS) is 15.3. The van der Waals surface area contributed by atoms with Gasteiger partial charge in [-0.15, -0.1) is 0 Å². The zero-order chi connectivity index (χ0) is 18.1. The first kappa shape index (κ1) is 16.5. The number of amides is 1. The van der Waals surface area contributed by atoms with Gasteiger partial charge in [-0.3, -0.25) is 4.79 Å². The number of fused-ring (bicyclic) bond motifs is 1. The molecule has 5 heteroatoms. The molecule has 1 aliphatic heterocycles. The summed E-state index contributed by atoms with van der Waals surface area (Å²) in [6.07, 6.45) is 1.43. The van der Waals surface area contributed by atoms with Crippen LogP contribution < -0.4 is 10.6 Å². The van der Waals surface area contributed by atoms with Crippen LogP contribution in [-0.2, 0) is 4.79 Å². The number of hydrogen-bond donors (Lipinski definition) is 1. The highest BCUT2D eigenvalue weighted by atomic mass is 19.1. The Morgan fingerprint density at radius 2 is 1.81 bits per heavy atom. The van der Waals surface area contributed by atoms with Crippen molar-refractivity contribution in [1.29, 1.82) is 0 Å². The molecule has 26 heavy (non-hydrogen) atoms. The SMILES string of the molecule is NC(=O)C1CCN(c2cc(-c3ccccc3)nc3c(F)cccc23)CC1. The molecule has 1 saturated heterocycles. The first-order valence-corrected chi connectivity index (χ1v) is 8.82. The summed E-state index contributed by atoms with van der Waals surface area (Å²) in [5, 5.41) is 0.794. The number of nitrogens with two attached hydrogens (primary N) is 1. The van der Waals surface area contributed by atoms with Crippen molar-refractivity contribution in [3.8, 4) is 11.3 Å². The third-order valence-corrected chi connectivity index (χ3v) is 5.08. The highest BCUT2D eigenvalue weighted by Crippen LogP contribution is 2.34. The molecule has 4 rings (SSSR count). The molecule has 1 fully saturated rings. The fraction of sp³-hybridized carbons (Fsp3) is 0.238. The van der Waals surface area contributed by atoms with Gasteiger partial charge in [-0.05, 0) is 25.0 Å². The molecule has 3 aromatic rings. The van der Waals surface area contributed by atoms with Crippen LogP contribution in [0.1, 0.15) is 12.8 Å². The first-order chi connectivity index (χ1) is 12.6. The van der Waals surface area contributed by atoms with Crippen LogP contribution in [0, 0.1) is 11.7 Å². The van der Waals surface area contributed by atoms with E-state index in [2.05, 4.69) is 9.88 Å². The minimum Gasteiger partial charge on any atom is -0.371 e. The molecule has 1 amide bonds. The molecule has 1 aliphatic rings. The monoisotopic (exact) mass is 349 g/mol. The van der Waals surface area contributed by atoms with E-state index in [9.17, 15) is 9.18 Å². The van der Waals surface area contributed by atoms with Crippen LogP contribution >= 0.6 is 0 Å². The first-order valence-electron chi connectivity index (χ1n) is 8.82. The molecule has 2 aromatic carbocycles. The second-order valence-electron chi connectivity index (χ2n) is 6.69. The molecule has 1 aromatic heterocycles. The lowest BCUT2D eigenvalue weighted by molar-refractivity contribution is -0.122. The topological polar surface area (TPSA) is 59.2 Å². The summed E-state index contributed by atoms with van der Waals surface area (Å²) in [7, 11) is 0. The van der Waals surface area contributed by atoms with Gasteiger partial charge in [-0.25, -0.2) is 9.37 Å². The van der Waals surface area contributed by atoms with Crippen molar-refractivity contribution in [1.82, 2.24) is 4.98 Å². The molecule has 0 aliphatic carbocycles. The maximum Gasteiger partial charge on any atom is 0.220 e. The Balaban J connectivity index is 1.80. The molecular weight excluding hydrogens is 329 g/mol. The lowest BCUT2D eigenvalue weighted by Gasteiger charge is -2.33. The number of benzene rings is 2. The van der Waals surface area contributed by atoms with Crippen molar-refractivity contribution < 1.29 is 9.18 Å².